The molecule has 0 amide bonds. The van der Waals surface area contributed by atoms with Crippen molar-refractivity contribution in [3.05, 3.63) is 23.8 Å². The predicted molar refractivity (Wildman–Crippen MR) is 99.8 cm³/mol. The van der Waals surface area contributed by atoms with E-state index in [9.17, 15) is 9.90 Å². The minimum absolute atomic E-state index is 0.0941. The van der Waals surface area contributed by atoms with Crippen LogP contribution in [-0.4, -0.2) is 55.9 Å². The van der Waals surface area contributed by atoms with Crippen molar-refractivity contribution in [2.45, 2.75) is 37.6 Å². The first-order valence-corrected chi connectivity index (χ1v) is 9.45. The van der Waals surface area contributed by atoms with Crippen molar-refractivity contribution in [1.82, 2.24) is 4.90 Å². The average Bonchev–Trinajstić information content (AvgIpc) is 3.06. The minimum atomic E-state index is -0.743. The summed E-state index contributed by atoms with van der Waals surface area (Å²) >= 11 is 0. The van der Waals surface area contributed by atoms with Crippen LogP contribution in [0, 0.1) is 11.8 Å². The first kappa shape index (κ1) is 19.0. The lowest BCUT2D eigenvalue weighted by Crippen LogP contribution is -2.34. The molecular formula is C20H30N2O4. The highest BCUT2D eigenvalue weighted by Crippen LogP contribution is 2.42. The summed E-state index contributed by atoms with van der Waals surface area (Å²) in [5, 5.41) is 9.78. The first-order chi connectivity index (χ1) is 12.5. The van der Waals surface area contributed by atoms with Gasteiger partial charge in [-0.2, -0.15) is 0 Å². The lowest BCUT2D eigenvalue weighted by atomic mass is 9.86. The van der Waals surface area contributed by atoms with Gasteiger partial charge in [0.05, 0.1) is 20.1 Å². The van der Waals surface area contributed by atoms with Crippen LogP contribution in [-0.2, 0) is 4.79 Å². The van der Waals surface area contributed by atoms with E-state index >= 15 is 0 Å². The van der Waals surface area contributed by atoms with Gasteiger partial charge in [0.15, 0.2) is 11.5 Å². The molecule has 1 saturated carbocycles. The maximum absolute atomic E-state index is 11.9. The van der Waals surface area contributed by atoms with Gasteiger partial charge in [-0.25, -0.2) is 0 Å². The number of likely N-dealkylation sites (tertiary alicyclic amines) is 1. The third-order valence-electron chi connectivity index (χ3n) is 5.95. The van der Waals surface area contributed by atoms with E-state index < -0.39 is 11.9 Å². The van der Waals surface area contributed by atoms with Crippen molar-refractivity contribution in [2.24, 2.45) is 17.6 Å². The second-order valence-corrected chi connectivity index (χ2v) is 7.63. The first-order valence-electron chi connectivity index (χ1n) is 9.45. The highest BCUT2D eigenvalue weighted by molar-refractivity contribution is 5.73. The molecule has 6 heteroatoms. The summed E-state index contributed by atoms with van der Waals surface area (Å²) in [4.78, 5) is 14.2. The molecule has 1 aliphatic carbocycles. The topological polar surface area (TPSA) is 85.0 Å². The summed E-state index contributed by atoms with van der Waals surface area (Å²) in [5.41, 5.74) is 6.93. The molecule has 0 spiro atoms. The van der Waals surface area contributed by atoms with Gasteiger partial charge in [-0.05, 0) is 37.7 Å². The molecule has 2 atom stereocenters. The van der Waals surface area contributed by atoms with Crippen molar-refractivity contribution in [3.63, 3.8) is 0 Å². The van der Waals surface area contributed by atoms with Gasteiger partial charge in [-0.1, -0.05) is 12.1 Å². The zero-order valence-electron chi connectivity index (χ0n) is 15.7. The molecule has 3 N–H and O–H groups in total. The summed E-state index contributed by atoms with van der Waals surface area (Å²) in [6.45, 7) is 2.28. The number of benzene rings is 1. The largest absolute Gasteiger partial charge is 0.493 e. The van der Waals surface area contributed by atoms with Crippen LogP contribution in [0.25, 0.3) is 0 Å². The molecule has 3 rings (SSSR count). The molecule has 0 bridgehead atoms. The number of carboxylic acid groups (broad SMARTS) is 1. The molecular weight excluding hydrogens is 332 g/mol. The van der Waals surface area contributed by atoms with Crippen molar-refractivity contribution in [2.75, 3.05) is 33.9 Å². The van der Waals surface area contributed by atoms with Gasteiger partial charge < -0.3 is 25.2 Å². The Morgan fingerprint density at radius 3 is 2.54 bits per heavy atom. The van der Waals surface area contributed by atoms with E-state index in [-0.39, 0.29) is 5.92 Å². The number of ether oxygens (including phenoxy) is 2. The fourth-order valence-electron chi connectivity index (χ4n) is 4.54. The van der Waals surface area contributed by atoms with Crippen LogP contribution >= 0.6 is 0 Å². The van der Waals surface area contributed by atoms with Crippen molar-refractivity contribution in [1.29, 1.82) is 0 Å². The summed E-state index contributed by atoms with van der Waals surface area (Å²) in [6.07, 6.45) is 4.44. The van der Waals surface area contributed by atoms with E-state index in [1.165, 1.54) is 0 Å². The normalized spacial score (nSPS) is 29.5. The molecule has 1 aromatic rings. The van der Waals surface area contributed by atoms with E-state index in [0.29, 0.717) is 30.0 Å². The Morgan fingerprint density at radius 1 is 1.19 bits per heavy atom. The average molecular weight is 362 g/mol. The second kappa shape index (κ2) is 8.27. The molecule has 0 radical (unpaired) electrons. The number of methoxy groups -OCH3 is 2. The summed E-state index contributed by atoms with van der Waals surface area (Å²) in [6, 6.07) is 6.05. The van der Waals surface area contributed by atoms with Crippen LogP contribution in [0.5, 0.6) is 11.5 Å². The van der Waals surface area contributed by atoms with Gasteiger partial charge in [0, 0.05) is 37.2 Å². The fraction of sp³-hybridized carbons (Fsp3) is 0.650. The monoisotopic (exact) mass is 362 g/mol. The number of hydrogen-bond acceptors (Lipinski definition) is 5. The van der Waals surface area contributed by atoms with Gasteiger partial charge in [0.25, 0.3) is 0 Å². The maximum Gasteiger partial charge on any atom is 0.308 e. The van der Waals surface area contributed by atoms with Crippen molar-refractivity contribution in [3.8, 4) is 11.5 Å². The van der Waals surface area contributed by atoms with Gasteiger partial charge >= 0.3 is 5.97 Å². The van der Waals surface area contributed by atoms with Crippen LogP contribution in [0.15, 0.2) is 18.2 Å². The molecule has 6 nitrogen and oxygen atoms in total. The number of rotatable bonds is 6. The molecule has 0 aromatic heterocycles. The van der Waals surface area contributed by atoms with Crippen molar-refractivity contribution < 1.29 is 19.4 Å². The SMILES string of the molecule is COc1cccc([C@@H]2CN(CC3CCC(N)CC3)C[C@H]2C(=O)O)c1OC. The Hall–Kier alpha value is -1.79. The zero-order valence-corrected chi connectivity index (χ0v) is 15.7. The highest BCUT2D eigenvalue weighted by atomic mass is 16.5. The Labute approximate surface area is 155 Å². The summed E-state index contributed by atoms with van der Waals surface area (Å²) in [5.74, 6) is 0.652. The fourth-order valence-corrected chi connectivity index (χ4v) is 4.54. The number of carboxylic acids is 1. The van der Waals surface area contributed by atoms with E-state index in [4.69, 9.17) is 15.2 Å². The van der Waals surface area contributed by atoms with Crippen LogP contribution in [0.2, 0.25) is 0 Å². The van der Waals surface area contributed by atoms with E-state index in [1.807, 2.05) is 18.2 Å². The third kappa shape index (κ3) is 3.96. The Bertz CT molecular complexity index is 628. The molecule has 1 heterocycles. The number of aliphatic carboxylic acids is 1. The van der Waals surface area contributed by atoms with Gasteiger partial charge in [-0.3, -0.25) is 4.79 Å². The molecule has 0 unspecified atom stereocenters. The highest BCUT2D eigenvalue weighted by Gasteiger charge is 2.41. The molecule has 1 aliphatic heterocycles. The lowest BCUT2D eigenvalue weighted by Gasteiger charge is -2.29. The number of nitrogens with zero attached hydrogens (tertiary/aromatic N) is 1. The summed E-state index contributed by atoms with van der Waals surface area (Å²) < 4.78 is 10.9. The smallest absolute Gasteiger partial charge is 0.308 e. The third-order valence-corrected chi connectivity index (χ3v) is 5.95. The molecule has 144 valence electrons. The number of carbonyl (C=O) groups is 1. The predicted octanol–water partition coefficient (Wildman–Crippen LogP) is 2.32. The van der Waals surface area contributed by atoms with E-state index in [0.717, 1.165) is 44.3 Å². The Balaban J connectivity index is 1.77. The molecule has 2 fully saturated rings. The van der Waals surface area contributed by atoms with E-state index in [2.05, 4.69) is 4.90 Å². The Kier molecular flexibility index (Phi) is 6.04. The number of nitrogens with two attached hydrogens (primary N) is 1. The van der Waals surface area contributed by atoms with Crippen LogP contribution in [0.1, 0.15) is 37.2 Å². The molecule has 1 saturated heterocycles. The van der Waals surface area contributed by atoms with Crippen LogP contribution in [0.3, 0.4) is 0 Å². The summed E-state index contributed by atoms with van der Waals surface area (Å²) in [7, 11) is 3.21. The standard InChI is InChI=1S/C20H30N2O4/c1-25-18-5-3-4-15(19(18)26-2)16-11-22(12-17(16)20(23)24)10-13-6-8-14(21)9-7-13/h3-5,13-14,16-17H,6-12,21H2,1-2H3,(H,23,24)/t13?,14?,16-,17+/m0/s1. The van der Waals surface area contributed by atoms with Crippen LogP contribution in [0.4, 0.5) is 0 Å². The van der Waals surface area contributed by atoms with Gasteiger partial charge in [-0.15, -0.1) is 0 Å². The number of hydrogen-bond donors (Lipinski definition) is 2. The molecule has 1 aromatic carbocycles. The minimum Gasteiger partial charge on any atom is -0.493 e. The van der Waals surface area contributed by atoms with Gasteiger partial charge in [0.1, 0.15) is 0 Å². The van der Waals surface area contributed by atoms with Gasteiger partial charge in [0.2, 0.25) is 0 Å². The number of para-hydroxylation sites is 1. The second-order valence-electron chi connectivity index (χ2n) is 7.63. The quantitative estimate of drug-likeness (QED) is 0.808. The van der Waals surface area contributed by atoms with E-state index in [1.54, 1.807) is 14.2 Å². The Morgan fingerprint density at radius 2 is 1.92 bits per heavy atom. The molecule has 26 heavy (non-hydrogen) atoms. The lowest BCUT2D eigenvalue weighted by molar-refractivity contribution is -0.141. The maximum atomic E-state index is 11.9. The zero-order chi connectivity index (χ0) is 18.7. The van der Waals surface area contributed by atoms with Crippen molar-refractivity contribution >= 4 is 5.97 Å². The molecule has 2 aliphatic rings. The van der Waals surface area contributed by atoms with Crippen LogP contribution < -0.4 is 15.2 Å².